The van der Waals surface area contributed by atoms with E-state index in [2.05, 4.69) is 20.2 Å². The average molecular weight is 326 g/mol. The molecule has 0 bridgehead atoms. The molecular formula is C15H14N6O3. The number of H-pyrrole nitrogens is 1. The molecule has 9 heteroatoms. The molecule has 0 spiro atoms. The summed E-state index contributed by atoms with van der Waals surface area (Å²) in [6.45, 7) is 0. The first kappa shape index (κ1) is 14.2. The van der Waals surface area contributed by atoms with E-state index in [1.165, 1.54) is 11.6 Å². The van der Waals surface area contributed by atoms with Crippen molar-refractivity contribution in [1.82, 2.24) is 29.4 Å². The summed E-state index contributed by atoms with van der Waals surface area (Å²) in [5.74, 6) is 1.50. The van der Waals surface area contributed by atoms with Gasteiger partial charge in [-0.25, -0.2) is 9.78 Å². The molecule has 4 rings (SSSR count). The zero-order valence-electron chi connectivity index (χ0n) is 13.3. The predicted octanol–water partition coefficient (Wildman–Crippen LogP) is 0.988. The maximum Gasteiger partial charge on any atom is 0.348 e. The highest BCUT2D eigenvalue weighted by Crippen LogP contribution is 2.32. The van der Waals surface area contributed by atoms with E-state index in [0.717, 1.165) is 5.56 Å². The highest BCUT2D eigenvalue weighted by atomic mass is 16.5. The van der Waals surface area contributed by atoms with Crippen LogP contribution in [0.5, 0.6) is 11.5 Å². The number of hydrogen-bond acceptors (Lipinski definition) is 6. The lowest BCUT2D eigenvalue weighted by molar-refractivity contribution is 0.356. The molecule has 0 radical (unpaired) electrons. The Kier molecular flexibility index (Phi) is 3.02. The Hall–Kier alpha value is -3.36. The van der Waals surface area contributed by atoms with Crippen molar-refractivity contribution < 1.29 is 9.47 Å². The predicted molar refractivity (Wildman–Crippen MR) is 86.4 cm³/mol. The number of benzene rings is 1. The second-order valence-corrected chi connectivity index (χ2v) is 5.26. The summed E-state index contributed by atoms with van der Waals surface area (Å²) < 4.78 is 13.5. The first-order valence-electron chi connectivity index (χ1n) is 7.14. The van der Waals surface area contributed by atoms with Crippen LogP contribution in [0.3, 0.4) is 0 Å². The number of aromatic amines is 1. The zero-order valence-corrected chi connectivity index (χ0v) is 13.3. The van der Waals surface area contributed by atoms with Crippen molar-refractivity contribution in [2.75, 3.05) is 14.2 Å². The number of methoxy groups -OCH3 is 2. The molecule has 1 aromatic carbocycles. The second-order valence-electron chi connectivity index (χ2n) is 5.26. The van der Waals surface area contributed by atoms with Gasteiger partial charge in [-0.1, -0.05) is 0 Å². The Balaban J connectivity index is 2.05. The number of aromatic nitrogens is 6. The van der Waals surface area contributed by atoms with E-state index in [0.29, 0.717) is 33.9 Å². The second kappa shape index (κ2) is 5.08. The van der Waals surface area contributed by atoms with Crippen LogP contribution in [-0.4, -0.2) is 43.6 Å². The lowest BCUT2D eigenvalue weighted by Gasteiger charge is -2.09. The van der Waals surface area contributed by atoms with Crippen molar-refractivity contribution in [3.63, 3.8) is 0 Å². The molecular weight excluding hydrogens is 312 g/mol. The minimum absolute atomic E-state index is 0.382. The summed E-state index contributed by atoms with van der Waals surface area (Å²) in [4.78, 5) is 19.6. The largest absolute Gasteiger partial charge is 0.493 e. The number of hydrogen-bond donors (Lipinski definition) is 1. The number of aryl methyl sites for hydroxylation is 1. The van der Waals surface area contributed by atoms with E-state index in [4.69, 9.17) is 9.47 Å². The lowest BCUT2D eigenvalue weighted by Crippen LogP contribution is -2.17. The highest BCUT2D eigenvalue weighted by molar-refractivity contribution is 5.93. The standard InChI is InChI=1S/C15H14N6O3/c1-20-7-8(6-16-20)13-18-14-9-4-11(23-2)12(24-3)5-10(9)17-15(22)21(14)19-13/h4-7H,1-3H3,(H,17,22). The summed E-state index contributed by atoms with van der Waals surface area (Å²) in [6, 6.07) is 3.47. The van der Waals surface area contributed by atoms with Gasteiger partial charge in [-0.15, -0.1) is 5.10 Å². The minimum Gasteiger partial charge on any atom is -0.493 e. The topological polar surface area (TPSA) is 99.3 Å². The smallest absolute Gasteiger partial charge is 0.348 e. The molecule has 0 amide bonds. The van der Waals surface area contributed by atoms with Crippen LogP contribution in [0.15, 0.2) is 29.3 Å². The van der Waals surface area contributed by atoms with Crippen molar-refractivity contribution in [1.29, 1.82) is 0 Å². The van der Waals surface area contributed by atoms with Gasteiger partial charge in [-0.05, 0) is 6.07 Å². The first-order chi connectivity index (χ1) is 11.6. The van der Waals surface area contributed by atoms with Gasteiger partial charge in [-0.2, -0.15) is 9.61 Å². The van der Waals surface area contributed by atoms with Gasteiger partial charge in [-0.3, -0.25) is 4.68 Å². The van der Waals surface area contributed by atoms with Crippen molar-refractivity contribution in [3.8, 4) is 22.9 Å². The average Bonchev–Trinajstić information content (AvgIpc) is 3.20. The molecule has 24 heavy (non-hydrogen) atoms. The van der Waals surface area contributed by atoms with Crippen LogP contribution in [0.1, 0.15) is 0 Å². The van der Waals surface area contributed by atoms with Crippen LogP contribution in [-0.2, 0) is 7.05 Å². The van der Waals surface area contributed by atoms with Crippen LogP contribution in [0, 0.1) is 0 Å². The number of nitrogens with zero attached hydrogens (tertiary/aromatic N) is 5. The molecule has 0 atom stereocenters. The van der Waals surface area contributed by atoms with Crippen molar-refractivity contribution in [2.24, 2.45) is 7.05 Å². The fraction of sp³-hybridized carbons (Fsp3) is 0.200. The van der Waals surface area contributed by atoms with Crippen LogP contribution in [0.25, 0.3) is 27.9 Å². The molecule has 0 saturated heterocycles. The normalized spacial score (nSPS) is 11.3. The Morgan fingerprint density at radius 2 is 1.92 bits per heavy atom. The molecule has 3 aromatic heterocycles. The van der Waals surface area contributed by atoms with Crippen LogP contribution in [0.2, 0.25) is 0 Å². The molecule has 0 saturated carbocycles. The van der Waals surface area contributed by atoms with Crippen molar-refractivity contribution in [3.05, 3.63) is 35.0 Å². The SMILES string of the molecule is COc1cc2[nH]c(=O)n3nc(-c4cnn(C)c4)nc3c2cc1OC. The third-order valence-corrected chi connectivity index (χ3v) is 3.77. The number of nitrogens with one attached hydrogen (secondary N) is 1. The lowest BCUT2D eigenvalue weighted by atomic mass is 10.2. The van der Waals surface area contributed by atoms with Gasteiger partial charge in [0.25, 0.3) is 0 Å². The fourth-order valence-electron chi connectivity index (χ4n) is 2.62. The Labute approximate surface area is 135 Å². The van der Waals surface area contributed by atoms with Gasteiger partial charge in [0, 0.05) is 24.7 Å². The van der Waals surface area contributed by atoms with Gasteiger partial charge < -0.3 is 14.5 Å². The fourth-order valence-corrected chi connectivity index (χ4v) is 2.62. The molecule has 122 valence electrons. The van der Waals surface area contributed by atoms with Crippen LogP contribution >= 0.6 is 0 Å². The third kappa shape index (κ3) is 2.02. The quantitative estimate of drug-likeness (QED) is 0.603. The van der Waals surface area contributed by atoms with Crippen LogP contribution < -0.4 is 15.2 Å². The molecule has 0 aliphatic heterocycles. The van der Waals surface area contributed by atoms with Crippen molar-refractivity contribution in [2.45, 2.75) is 0 Å². The highest BCUT2D eigenvalue weighted by Gasteiger charge is 2.16. The Bertz CT molecular complexity index is 1120. The monoisotopic (exact) mass is 326 g/mol. The van der Waals surface area contributed by atoms with Crippen LogP contribution in [0.4, 0.5) is 0 Å². The van der Waals surface area contributed by atoms with Gasteiger partial charge in [0.1, 0.15) is 0 Å². The number of rotatable bonds is 3. The van der Waals surface area contributed by atoms with Gasteiger partial charge in [0.15, 0.2) is 23.0 Å². The third-order valence-electron chi connectivity index (χ3n) is 3.77. The van der Waals surface area contributed by atoms with Gasteiger partial charge in [0.2, 0.25) is 0 Å². The van der Waals surface area contributed by atoms with E-state index < -0.39 is 0 Å². The van der Waals surface area contributed by atoms with E-state index in [1.54, 1.807) is 43.4 Å². The minimum atomic E-state index is -0.382. The molecule has 0 unspecified atom stereocenters. The number of ether oxygens (including phenoxy) is 2. The number of fused-ring (bicyclic) bond motifs is 3. The zero-order chi connectivity index (χ0) is 16.8. The van der Waals surface area contributed by atoms with Gasteiger partial charge in [0.05, 0.1) is 31.5 Å². The maximum atomic E-state index is 12.3. The summed E-state index contributed by atoms with van der Waals surface area (Å²) in [5, 5.41) is 9.09. The summed E-state index contributed by atoms with van der Waals surface area (Å²) >= 11 is 0. The summed E-state index contributed by atoms with van der Waals surface area (Å²) in [5.41, 5.74) is 1.38. The summed E-state index contributed by atoms with van der Waals surface area (Å²) in [7, 11) is 4.90. The molecule has 0 fully saturated rings. The Morgan fingerprint density at radius 3 is 2.58 bits per heavy atom. The molecule has 3 heterocycles. The van der Waals surface area contributed by atoms with Gasteiger partial charge >= 0.3 is 5.69 Å². The molecule has 0 aliphatic carbocycles. The Morgan fingerprint density at radius 1 is 1.17 bits per heavy atom. The molecule has 9 nitrogen and oxygen atoms in total. The molecule has 4 aromatic rings. The van der Waals surface area contributed by atoms with Crippen molar-refractivity contribution >= 4 is 16.6 Å². The van der Waals surface area contributed by atoms with E-state index >= 15 is 0 Å². The molecule has 1 N–H and O–H groups in total. The first-order valence-corrected chi connectivity index (χ1v) is 7.14. The molecule has 0 aliphatic rings. The van der Waals surface area contributed by atoms with E-state index in [1.807, 2.05) is 0 Å². The van der Waals surface area contributed by atoms with E-state index in [-0.39, 0.29) is 5.69 Å². The summed E-state index contributed by atoms with van der Waals surface area (Å²) in [6.07, 6.45) is 3.43. The van der Waals surface area contributed by atoms with E-state index in [9.17, 15) is 4.79 Å². The maximum absolute atomic E-state index is 12.3.